The average molecular weight is 256 g/mol. The second-order valence-electron chi connectivity index (χ2n) is 3.33. The van der Waals surface area contributed by atoms with E-state index < -0.39 is 24.1 Å². The average Bonchev–Trinajstić information content (AvgIpc) is 2.37. The zero-order valence-electron chi connectivity index (χ0n) is 9.20. The highest BCUT2D eigenvalue weighted by Gasteiger charge is 2.24. The molecule has 1 N–H and O–H groups in total. The molecule has 0 aliphatic carbocycles. The molecule has 0 aliphatic rings. The third-order valence-corrected chi connectivity index (χ3v) is 2.31. The number of ether oxygens (including phenoxy) is 1. The Labute approximate surface area is 101 Å². The van der Waals surface area contributed by atoms with Crippen LogP contribution in [0.4, 0.5) is 0 Å². The largest absolute Gasteiger partial charge is 0.449 e. The molecule has 0 bridgehead atoms. The fourth-order valence-electron chi connectivity index (χ4n) is 1.15. The summed E-state index contributed by atoms with van der Waals surface area (Å²) < 4.78 is 9.06. The van der Waals surface area contributed by atoms with Gasteiger partial charge in [0, 0.05) is 0 Å². The van der Waals surface area contributed by atoms with Crippen molar-refractivity contribution in [1.82, 2.24) is 0 Å². The molecule has 1 rings (SSSR count). The van der Waals surface area contributed by atoms with Gasteiger partial charge in [-0.1, -0.05) is 30.3 Å². The molecule has 1 aromatic rings. The predicted octanol–water partition coefficient (Wildman–Crippen LogP) is 0.985. The molecule has 0 radical (unpaired) electrons. The van der Waals surface area contributed by atoms with Gasteiger partial charge < -0.3 is 14.4 Å². The van der Waals surface area contributed by atoms with Crippen LogP contribution in [0.1, 0.15) is 18.6 Å². The molecule has 17 heavy (non-hydrogen) atoms. The molecule has 3 atom stereocenters. The number of carbonyl (C=O) groups is 2. The molecule has 0 saturated carbocycles. The van der Waals surface area contributed by atoms with Gasteiger partial charge in [0.1, 0.15) is 0 Å². The Morgan fingerprint density at radius 2 is 1.82 bits per heavy atom. The lowest BCUT2D eigenvalue weighted by Gasteiger charge is -2.14. The molecule has 0 heterocycles. The van der Waals surface area contributed by atoms with Crippen LogP contribution in [0.25, 0.3) is 0 Å². The summed E-state index contributed by atoms with van der Waals surface area (Å²) in [6.45, 7) is 1.36. The van der Waals surface area contributed by atoms with E-state index >= 15 is 0 Å². The number of aliphatic hydroxyl groups excluding tert-OH is 1. The van der Waals surface area contributed by atoms with Crippen molar-refractivity contribution < 1.29 is 24.0 Å². The minimum absolute atomic E-state index is 0.406. The van der Waals surface area contributed by atoms with Gasteiger partial charge in [-0.2, -0.15) is 0 Å². The van der Waals surface area contributed by atoms with Gasteiger partial charge in [0.25, 0.3) is 0 Å². The number of hydrogen-bond acceptors (Lipinski definition) is 5. The zero-order valence-corrected chi connectivity index (χ0v) is 10.4. The van der Waals surface area contributed by atoms with Gasteiger partial charge in [-0.25, -0.2) is 9.59 Å². The number of aliphatic hydroxyl groups is 1. The first-order chi connectivity index (χ1) is 8.06. The van der Waals surface area contributed by atoms with Crippen LogP contribution in [-0.2, 0) is 18.8 Å². The predicted molar refractivity (Wildman–Crippen MR) is 62.8 cm³/mol. The summed E-state index contributed by atoms with van der Waals surface area (Å²) >= 11 is 0. The Morgan fingerprint density at radius 3 is 2.35 bits per heavy atom. The summed E-state index contributed by atoms with van der Waals surface area (Å²) in [5, 5.41) is 9.66. The van der Waals surface area contributed by atoms with Crippen molar-refractivity contribution in [3.8, 4) is 0 Å². The molecule has 0 amide bonds. The first-order valence-corrected chi connectivity index (χ1v) is 5.37. The molecule has 5 nitrogen and oxygen atoms in total. The molecule has 0 fully saturated rings. The van der Waals surface area contributed by atoms with Crippen LogP contribution in [-0.4, -0.2) is 23.1 Å². The Hall–Kier alpha value is -1.45. The zero-order chi connectivity index (χ0) is 12.8. The van der Waals surface area contributed by atoms with Gasteiger partial charge in [0.15, 0.2) is 12.2 Å². The summed E-state index contributed by atoms with van der Waals surface area (Å²) in [6, 6.07) is 8.31. The highest BCUT2D eigenvalue weighted by atomic mass is 31.0. The third-order valence-electron chi connectivity index (χ3n) is 2.08. The fraction of sp³-hybridized carbons (Fsp3) is 0.273. The number of esters is 1. The van der Waals surface area contributed by atoms with Crippen molar-refractivity contribution >= 4 is 21.4 Å². The Morgan fingerprint density at radius 1 is 1.24 bits per heavy atom. The van der Waals surface area contributed by atoms with Gasteiger partial charge in [-0.15, -0.1) is 0 Å². The van der Waals surface area contributed by atoms with Crippen molar-refractivity contribution in [2.75, 3.05) is 0 Å². The fourth-order valence-corrected chi connectivity index (χ4v) is 1.35. The van der Waals surface area contributed by atoms with E-state index in [4.69, 9.17) is 4.74 Å². The first kappa shape index (κ1) is 13.6. The molecule has 0 saturated heterocycles. The van der Waals surface area contributed by atoms with Crippen molar-refractivity contribution in [2.45, 2.75) is 19.1 Å². The van der Waals surface area contributed by atoms with Crippen molar-refractivity contribution in [2.24, 2.45) is 0 Å². The smallest absolute Gasteiger partial charge is 0.349 e. The second kappa shape index (κ2) is 6.33. The quantitative estimate of drug-likeness (QED) is 0.642. The maximum absolute atomic E-state index is 11.5. The number of benzene rings is 1. The maximum Gasteiger partial charge on any atom is 0.349 e. The standard InChI is InChI=1S/C11H13O5P/c1-7(10(13)16-17)15-11(14)9(12)8-5-3-2-4-6-8/h2-7,9,12H,17H2,1H3/t7-,9-/m0/s1. The highest BCUT2D eigenvalue weighted by molar-refractivity contribution is 7.10. The molecule has 6 heteroatoms. The Bertz CT molecular complexity index is 392. The minimum atomic E-state index is -1.41. The molecule has 0 spiro atoms. The van der Waals surface area contributed by atoms with Gasteiger partial charge in [0.05, 0.1) is 9.47 Å². The molecule has 0 aliphatic heterocycles. The van der Waals surface area contributed by atoms with Crippen LogP contribution < -0.4 is 0 Å². The Kier molecular flexibility index (Phi) is 5.07. The van der Waals surface area contributed by atoms with Gasteiger partial charge in [-0.05, 0) is 12.5 Å². The van der Waals surface area contributed by atoms with Crippen molar-refractivity contribution in [3.05, 3.63) is 35.9 Å². The number of rotatable bonds is 4. The van der Waals surface area contributed by atoms with Crippen molar-refractivity contribution in [3.63, 3.8) is 0 Å². The number of carbonyl (C=O) groups excluding carboxylic acids is 2. The molecular weight excluding hydrogens is 243 g/mol. The van der Waals surface area contributed by atoms with Crippen LogP contribution in [0.2, 0.25) is 0 Å². The summed E-state index contributed by atoms with van der Waals surface area (Å²) in [7, 11) is 1.77. The topological polar surface area (TPSA) is 72.8 Å². The van der Waals surface area contributed by atoms with E-state index in [1.54, 1.807) is 39.8 Å². The third kappa shape index (κ3) is 3.80. The van der Waals surface area contributed by atoms with Crippen LogP contribution in [0.15, 0.2) is 30.3 Å². The SMILES string of the molecule is C[C@H](OC(=O)[C@@H](O)c1ccccc1)C(=O)OP. The van der Waals surface area contributed by atoms with Crippen molar-refractivity contribution in [1.29, 1.82) is 0 Å². The van der Waals surface area contributed by atoms with Gasteiger partial charge in [0.2, 0.25) is 0 Å². The van der Waals surface area contributed by atoms with Gasteiger partial charge >= 0.3 is 11.9 Å². The Balaban J connectivity index is 2.62. The summed E-state index contributed by atoms with van der Waals surface area (Å²) in [4.78, 5) is 22.5. The van der Waals surface area contributed by atoms with E-state index in [-0.39, 0.29) is 0 Å². The normalized spacial score (nSPS) is 13.6. The van der Waals surface area contributed by atoms with E-state index in [2.05, 4.69) is 4.52 Å². The van der Waals surface area contributed by atoms with E-state index in [1.807, 2.05) is 0 Å². The van der Waals surface area contributed by atoms with Crippen LogP contribution in [0.3, 0.4) is 0 Å². The second-order valence-corrected chi connectivity index (χ2v) is 3.56. The molecular formula is C11H13O5P. The molecule has 1 unspecified atom stereocenters. The summed E-state index contributed by atoms with van der Waals surface area (Å²) in [5.74, 6) is -1.59. The van der Waals surface area contributed by atoms with E-state index in [0.717, 1.165) is 0 Å². The highest BCUT2D eigenvalue weighted by Crippen LogP contribution is 2.15. The van der Waals surface area contributed by atoms with Crippen LogP contribution in [0, 0.1) is 0 Å². The molecule has 92 valence electrons. The van der Waals surface area contributed by atoms with E-state index in [1.165, 1.54) is 6.92 Å². The minimum Gasteiger partial charge on any atom is -0.449 e. The molecule has 0 aromatic heterocycles. The first-order valence-electron chi connectivity index (χ1n) is 4.90. The lowest BCUT2D eigenvalue weighted by atomic mass is 10.1. The van der Waals surface area contributed by atoms with Gasteiger partial charge in [-0.3, -0.25) is 0 Å². The lowest BCUT2D eigenvalue weighted by molar-refractivity contribution is -0.167. The lowest BCUT2D eigenvalue weighted by Crippen LogP contribution is -2.27. The summed E-state index contributed by atoms with van der Waals surface area (Å²) in [5.41, 5.74) is 0.406. The maximum atomic E-state index is 11.5. The van der Waals surface area contributed by atoms with Crippen LogP contribution in [0.5, 0.6) is 0 Å². The monoisotopic (exact) mass is 256 g/mol. The van der Waals surface area contributed by atoms with E-state index in [9.17, 15) is 14.7 Å². The van der Waals surface area contributed by atoms with Crippen LogP contribution >= 0.6 is 9.47 Å². The number of hydrogen-bond donors (Lipinski definition) is 1. The summed E-state index contributed by atoms with van der Waals surface area (Å²) in [6.07, 6.45) is -2.46. The molecule has 1 aromatic carbocycles. The van der Waals surface area contributed by atoms with E-state index in [0.29, 0.717) is 5.56 Å².